The molecule has 0 amide bonds. The number of pyridine rings is 1. The van der Waals surface area contributed by atoms with Gasteiger partial charge in [-0.05, 0) is 12.1 Å². The predicted octanol–water partition coefficient (Wildman–Crippen LogP) is -0.321. The molecule has 128 valence electrons. The summed E-state index contributed by atoms with van der Waals surface area (Å²) in [6, 6.07) is 6.74. The second-order valence-electron chi connectivity index (χ2n) is 5.39. The first-order chi connectivity index (χ1) is 11.3. The highest BCUT2D eigenvalue weighted by Gasteiger charge is 2.20. The van der Waals surface area contributed by atoms with Crippen molar-refractivity contribution >= 4 is 21.5 Å². The summed E-state index contributed by atoms with van der Waals surface area (Å²) in [5, 5.41) is 9.25. The molecule has 24 heavy (non-hydrogen) atoms. The van der Waals surface area contributed by atoms with Crippen molar-refractivity contribution in [1.82, 2.24) is 15.0 Å². The minimum Gasteiger partial charge on any atom is -0.384 e. The van der Waals surface area contributed by atoms with E-state index in [1.165, 1.54) is 6.07 Å². The highest BCUT2D eigenvalue weighted by Crippen LogP contribution is 2.22. The number of β-amino-alcohol motifs (C(OH)–C–C–N with tert-alkyl or cyclic N) is 1. The van der Waals surface area contributed by atoms with E-state index in [1.807, 2.05) is 4.90 Å². The van der Waals surface area contributed by atoms with E-state index in [0.717, 1.165) is 6.26 Å². The van der Waals surface area contributed by atoms with Crippen LogP contribution >= 0.6 is 0 Å². The van der Waals surface area contributed by atoms with E-state index in [9.17, 15) is 13.5 Å². The molecule has 2 aromatic rings. The van der Waals surface area contributed by atoms with Gasteiger partial charge in [-0.2, -0.15) is 0 Å². The zero-order chi connectivity index (χ0) is 17.3. The highest BCUT2D eigenvalue weighted by molar-refractivity contribution is 7.90. The lowest BCUT2D eigenvalue weighted by molar-refractivity contribution is -0.104. The average molecular weight is 351 g/mol. The summed E-state index contributed by atoms with van der Waals surface area (Å²) in [7, 11) is -3.58. The van der Waals surface area contributed by atoms with Crippen LogP contribution in [0.1, 0.15) is 0 Å². The van der Waals surface area contributed by atoms with Gasteiger partial charge in [0.2, 0.25) is 15.0 Å². The molecular weight excluding hydrogens is 334 g/mol. The number of aromatic nitrogens is 3. The monoisotopic (exact) mass is 351 g/mol. The Bertz CT molecular complexity index is 858. The van der Waals surface area contributed by atoms with Crippen LogP contribution in [-0.4, -0.2) is 60.7 Å². The van der Waals surface area contributed by atoms with Crippen LogP contribution in [0, 0.1) is 0 Å². The van der Waals surface area contributed by atoms with Crippen LogP contribution < -0.4 is 10.6 Å². The number of nitrogens with zero attached hydrogens (tertiary/aromatic N) is 4. The number of nitrogen functional groups attached to an aromatic ring is 1. The summed E-state index contributed by atoms with van der Waals surface area (Å²) in [5.74, 6) is 0.683. The summed E-state index contributed by atoms with van der Waals surface area (Å²) in [6.45, 7) is 1.29. The van der Waals surface area contributed by atoms with Crippen molar-refractivity contribution in [2.45, 2.75) is 11.4 Å². The van der Waals surface area contributed by atoms with Crippen molar-refractivity contribution in [3.63, 3.8) is 0 Å². The number of nitrogens with two attached hydrogens (primary N) is 1. The van der Waals surface area contributed by atoms with E-state index in [-0.39, 0.29) is 11.0 Å². The predicted molar refractivity (Wildman–Crippen MR) is 87.0 cm³/mol. The number of hydrogen-bond donors (Lipinski definition) is 2. The second-order valence-corrected chi connectivity index (χ2v) is 7.29. The molecule has 3 heterocycles. The van der Waals surface area contributed by atoms with E-state index in [2.05, 4.69) is 15.0 Å². The van der Waals surface area contributed by atoms with Gasteiger partial charge in [-0.15, -0.1) is 0 Å². The van der Waals surface area contributed by atoms with Gasteiger partial charge < -0.3 is 20.5 Å². The maximum absolute atomic E-state index is 11.7. The lowest BCUT2D eigenvalue weighted by Crippen LogP contribution is -2.42. The molecule has 3 N–H and O–H groups in total. The largest absolute Gasteiger partial charge is 0.384 e. The normalized spacial score (nSPS) is 18.6. The number of hydrogen-bond acceptors (Lipinski definition) is 9. The molecule has 1 unspecified atom stereocenters. The quantitative estimate of drug-likeness (QED) is 0.714. The fraction of sp³-hybridized carbons (Fsp3) is 0.357. The smallest absolute Gasteiger partial charge is 0.249 e. The topological polar surface area (TPSA) is 132 Å². The molecule has 1 aliphatic rings. The van der Waals surface area contributed by atoms with E-state index < -0.39 is 16.1 Å². The van der Waals surface area contributed by atoms with E-state index >= 15 is 0 Å². The van der Waals surface area contributed by atoms with Crippen LogP contribution in [0.15, 0.2) is 29.4 Å². The lowest BCUT2D eigenvalue weighted by Gasteiger charge is -2.31. The number of aliphatic hydroxyl groups is 1. The van der Waals surface area contributed by atoms with Crippen molar-refractivity contribution in [1.29, 1.82) is 0 Å². The van der Waals surface area contributed by atoms with Gasteiger partial charge in [-0.3, -0.25) is 0 Å². The molecule has 10 heteroatoms. The third-order valence-corrected chi connectivity index (χ3v) is 4.27. The number of sulfone groups is 1. The standard InChI is InChI=1S/C14H17N5O4S/c1-24(21,22)14-17-10(7-11(15)18-14)9-3-2-4-12(16-9)19-5-6-23-13(20)8-19/h2-4,7,13,20H,5-6,8H2,1H3,(H2,15,17,18). The van der Waals surface area contributed by atoms with Crippen LogP contribution in [0.4, 0.5) is 11.6 Å². The lowest BCUT2D eigenvalue weighted by atomic mass is 10.2. The summed E-state index contributed by atoms with van der Waals surface area (Å²) >= 11 is 0. The molecule has 0 radical (unpaired) electrons. The van der Waals surface area contributed by atoms with Crippen molar-refractivity contribution in [2.24, 2.45) is 0 Å². The second kappa shape index (κ2) is 6.30. The first kappa shape index (κ1) is 16.6. The summed E-state index contributed by atoms with van der Waals surface area (Å²) in [6.07, 6.45) is 0.153. The maximum Gasteiger partial charge on any atom is 0.249 e. The molecule has 1 atom stereocenters. The number of anilines is 2. The van der Waals surface area contributed by atoms with E-state index in [4.69, 9.17) is 10.5 Å². The zero-order valence-corrected chi connectivity index (χ0v) is 13.8. The van der Waals surface area contributed by atoms with Crippen LogP contribution in [0.3, 0.4) is 0 Å². The van der Waals surface area contributed by atoms with Crippen molar-refractivity contribution < 1.29 is 18.3 Å². The summed E-state index contributed by atoms with van der Waals surface area (Å²) in [5.41, 5.74) is 6.47. The average Bonchev–Trinajstić information content (AvgIpc) is 2.53. The Hall–Kier alpha value is -2.30. The number of aliphatic hydroxyl groups excluding tert-OH is 1. The van der Waals surface area contributed by atoms with Gasteiger partial charge in [0, 0.05) is 18.9 Å². The molecule has 1 saturated heterocycles. The number of ether oxygens (including phenoxy) is 1. The third kappa shape index (κ3) is 3.61. The first-order valence-electron chi connectivity index (χ1n) is 7.19. The molecule has 0 bridgehead atoms. The van der Waals surface area contributed by atoms with Gasteiger partial charge >= 0.3 is 0 Å². The Morgan fingerprint density at radius 2 is 2.08 bits per heavy atom. The van der Waals surface area contributed by atoms with E-state index in [1.54, 1.807) is 18.2 Å². The molecule has 0 aromatic carbocycles. The maximum atomic E-state index is 11.7. The Morgan fingerprint density at radius 3 is 2.79 bits per heavy atom. The molecule has 0 saturated carbocycles. The summed E-state index contributed by atoms with van der Waals surface area (Å²) in [4.78, 5) is 14.1. The zero-order valence-electron chi connectivity index (χ0n) is 13.0. The van der Waals surface area contributed by atoms with Crippen molar-refractivity contribution in [3.05, 3.63) is 24.3 Å². The molecule has 9 nitrogen and oxygen atoms in total. The van der Waals surface area contributed by atoms with Gasteiger partial charge in [0.1, 0.15) is 11.6 Å². The molecule has 1 fully saturated rings. The third-order valence-electron chi connectivity index (χ3n) is 3.43. The van der Waals surface area contributed by atoms with Crippen LogP contribution in [-0.2, 0) is 14.6 Å². The Morgan fingerprint density at radius 1 is 1.29 bits per heavy atom. The van der Waals surface area contributed by atoms with Gasteiger partial charge in [-0.25, -0.2) is 23.4 Å². The van der Waals surface area contributed by atoms with Crippen LogP contribution in [0.5, 0.6) is 0 Å². The number of rotatable bonds is 3. The Kier molecular flexibility index (Phi) is 4.35. The number of morpholine rings is 1. The van der Waals surface area contributed by atoms with Crippen molar-refractivity contribution in [2.75, 3.05) is 36.6 Å². The minimum atomic E-state index is -3.58. The van der Waals surface area contributed by atoms with Gasteiger partial charge in [-0.1, -0.05) is 6.07 Å². The first-order valence-corrected chi connectivity index (χ1v) is 9.09. The van der Waals surface area contributed by atoms with Gasteiger partial charge in [0.15, 0.2) is 6.29 Å². The molecule has 0 spiro atoms. The Labute approximate surface area is 139 Å². The van der Waals surface area contributed by atoms with E-state index in [0.29, 0.717) is 36.9 Å². The summed E-state index contributed by atoms with van der Waals surface area (Å²) < 4.78 is 28.4. The fourth-order valence-corrected chi connectivity index (χ4v) is 2.86. The SMILES string of the molecule is CS(=O)(=O)c1nc(N)cc(-c2cccc(N3CCOC(O)C3)n2)n1. The molecule has 1 aliphatic heterocycles. The minimum absolute atomic E-state index is 0.0504. The molecule has 2 aromatic heterocycles. The molecular formula is C14H17N5O4S. The van der Waals surface area contributed by atoms with Gasteiger partial charge in [0.05, 0.1) is 24.5 Å². The fourth-order valence-electron chi connectivity index (χ4n) is 2.32. The van der Waals surface area contributed by atoms with Crippen molar-refractivity contribution in [3.8, 4) is 11.4 Å². The highest BCUT2D eigenvalue weighted by atomic mass is 32.2. The molecule has 3 rings (SSSR count). The van der Waals surface area contributed by atoms with Crippen LogP contribution in [0.25, 0.3) is 11.4 Å². The Balaban J connectivity index is 1.99. The van der Waals surface area contributed by atoms with Crippen LogP contribution in [0.2, 0.25) is 0 Å². The van der Waals surface area contributed by atoms with Gasteiger partial charge in [0.25, 0.3) is 0 Å². The molecule has 0 aliphatic carbocycles.